The summed E-state index contributed by atoms with van der Waals surface area (Å²) in [6.07, 6.45) is 3.12. The largest absolute Gasteiger partial charge is 0.380 e. The zero-order chi connectivity index (χ0) is 12.5. The van der Waals surface area contributed by atoms with E-state index in [0.717, 1.165) is 0 Å². The third-order valence-corrected chi connectivity index (χ3v) is 4.61. The van der Waals surface area contributed by atoms with Crippen LogP contribution in [0.3, 0.4) is 0 Å². The lowest BCUT2D eigenvalue weighted by Gasteiger charge is -2.22. The summed E-state index contributed by atoms with van der Waals surface area (Å²) < 4.78 is 30.8. The van der Waals surface area contributed by atoms with Crippen LogP contribution in [-0.4, -0.2) is 49.0 Å². The average molecular weight is 258 g/mol. The van der Waals surface area contributed by atoms with Crippen LogP contribution in [0.1, 0.15) is 6.42 Å². The summed E-state index contributed by atoms with van der Waals surface area (Å²) in [5.74, 6) is 0.0517. The molecule has 1 saturated heterocycles. The first-order chi connectivity index (χ1) is 8.01. The van der Waals surface area contributed by atoms with Gasteiger partial charge in [0.15, 0.2) is 0 Å². The molecule has 1 atom stereocenters. The molecule has 1 aliphatic rings. The van der Waals surface area contributed by atoms with Crippen LogP contribution in [0.2, 0.25) is 0 Å². The fraction of sp³-hybridized carbons (Fsp3) is 0.556. The van der Waals surface area contributed by atoms with Crippen molar-refractivity contribution in [2.24, 2.45) is 0 Å². The van der Waals surface area contributed by atoms with Crippen LogP contribution in [0.5, 0.6) is 0 Å². The summed E-state index contributed by atoms with van der Waals surface area (Å²) in [4.78, 5) is 7.41. The van der Waals surface area contributed by atoms with E-state index >= 15 is 0 Å². The molecule has 1 aliphatic heterocycles. The maximum atomic E-state index is 12.2. The summed E-state index contributed by atoms with van der Waals surface area (Å²) in [7, 11) is -2.03. The molecular weight excluding hydrogens is 244 g/mol. The van der Waals surface area contributed by atoms with Gasteiger partial charge in [-0.15, -0.1) is 0 Å². The highest BCUT2D eigenvalue weighted by Gasteiger charge is 2.30. The molecule has 0 bridgehead atoms. The van der Waals surface area contributed by atoms with Gasteiger partial charge in [0.05, 0.1) is 25.0 Å². The number of likely N-dealkylation sites (N-methyl/N-ethyl adjacent to an activating group) is 1. The molecule has 1 unspecified atom stereocenters. The number of nitrogens with two attached hydrogens (primary N) is 1. The van der Waals surface area contributed by atoms with Crippen molar-refractivity contribution in [3.8, 4) is 0 Å². The number of sulfonamides is 1. The first-order valence-corrected chi connectivity index (χ1v) is 6.59. The zero-order valence-corrected chi connectivity index (χ0v) is 10.2. The summed E-state index contributed by atoms with van der Waals surface area (Å²) >= 11 is 0. The van der Waals surface area contributed by atoms with Crippen LogP contribution < -0.4 is 5.73 Å². The quantitative estimate of drug-likeness (QED) is 0.782. The number of nitrogen functional groups attached to an aromatic ring is 1. The zero-order valence-electron chi connectivity index (χ0n) is 9.41. The number of hydrogen-bond donors (Lipinski definition) is 1. The molecule has 0 radical (unpaired) electrons. The molecule has 17 heavy (non-hydrogen) atoms. The maximum absolute atomic E-state index is 12.2. The Morgan fingerprint density at radius 3 is 2.65 bits per heavy atom. The molecule has 1 aromatic rings. The highest BCUT2D eigenvalue weighted by Crippen LogP contribution is 2.19. The van der Waals surface area contributed by atoms with E-state index in [1.807, 2.05) is 0 Å². The Labute approximate surface area is 99.7 Å². The molecule has 0 aromatic carbocycles. The van der Waals surface area contributed by atoms with Gasteiger partial charge in [-0.25, -0.2) is 18.4 Å². The minimum absolute atomic E-state index is 0.0427. The molecule has 2 heterocycles. The average Bonchev–Trinajstić information content (AvgIpc) is 2.82. The third kappa shape index (κ3) is 2.38. The Morgan fingerprint density at radius 2 is 2.12 bits per heavy atom. The molecule has 94 valence electrons. The summed E-state index contributed by atoms with van der Waals surface area (Å²) in [5.41, 5.74) is 5.32. The predicted octanol–water partition coefficient (Wildman–Crippen LogP) is -0.532. The number of nitrogens with zero attached hydrogens (tertiary/aromatic N) is 3. The summed E-state index contributed by atoms with van der Waals surface area (Å²) in [5, 5.41) is 0. The maximum Gasteiger partial charge on any atom is 0.246 e. The second kappa shape index (κ2) is 4.55. The van der Waals surface area contributed by atoms with Gasteiger partial charge >= 0.3 is 0 Å². The standard InChI is InChI=1S/C9H14N4O3S/c1-13(7-2-3-16-6-7)17(14,15)8-4-11-9(10)12-5-8/h4-5,7H,2-3,6H2,1H3,(H2,10,11,12). The monoisotopic (exact) mass is 258 g/mol. The molecule has 2 rings (SSSR count). The second-order valence-corrected chi connectivity index (χ2v) is 5.81. The molecule has 0 saturated carbocycles. The minimum Gasteiger partial charge on any atom is -0.380 e. The van der Waals surface area contributed by atoms with E-state index in [1.54, 1.807) is 0 Å². The normalized spacial score (nSPS) is 20.9. The Balaban J connectivity index is 2.26. The van der Waals surface area contributed by atoms with Gasteiger partial charge in [0.25, 0.3) is 0 Å². The van der Waals surface area contributed by atoms with Gasteiger partial charge in [0.2, 0.25) is 16.0 Å². The molecule has 0 aliphatic carbocycles. The van der Waals surface area contributed by atoms with Crippen molar-refractivity contribution in [3.63, 3.8) is 0 Å². The van der Waals surface area contributed by atoms with Crippen LogP contribution in [0.15, 0.2) is 17.3 Å². The highest BCUT2D eigenvalue weighted by atomic mass is 32.2. The molecule has 8 heteroatoms. The van der Waals surface area contributed by atoms with Crippen molar-refractivity contribution in [1.82, 2.24) is 14.3 Å². The van der Waals surface area contributed by atoms with Crippen LogP contribution in [0, 0.1) is 0 Å². The SMILES string of the molecule is CN(C1CCOC1)S(=O)(=O)c1cnc(N)nc1. The van der Waals surface area contributed by atoms with Crippen molar-refractivity contribution in [2.45, 2.75) is 17.4 Å². The minimum atomic E-state index is -3.57. The number of ether oxygens (including phenoxy) is 1. The lowest BCUT2D eigenvalue weighted by atomic mass is 10.3. The number of aromatic nitrogens is 2. The van der Waals surface area contributed by atoms with Crippen LogP contribution in [0.4, 0.5) is 5.95 Å². The van der Waals surface area contributed by atoms with E-state index in [2.05, 4.69) is 9.97 Å². The van der Waals surface area contributed by atoms with Crippen LogP contribution >= 0.6 is 0 Å². The molecule has 1 fully saturated rings. The fourth-order valence-corrected chi connectivity index (χ4v) is 2.89. The van der Waals surface area contributed by atoms with Crippen LogP contribution in [0.25, 0.3) is 0 Å². The first kappa shape index (κ1) is 12.2. The van der Waals surface area contributed by atoms with Gasteiger partial charge in [0, 0.05) is 13.7 Å². The van der Waals surface area contributed by atoms with Crippen LogP contribution in [-0.2, 0) is 14.8 Å². The topological polar surface area (TPSA) is 98.4 Å². The van der Waals surface area contributed by atoms with E-state index < -0.39 is 10.0 Å². The number of hydrogen-bond acceptors (Lipinski definition) is 6. The van der Waals surface area contributed by atoms with Crippen molar-refractivity contribution in [2.75, 3.05) is 26.0 Å². The fourth-order valence-electron chi connectivity index (χ4n) is 1.63. The smallest absolute Gasteiger partial charge is 0.246 e. The van der Waals surface area contributed by atoms with Gasteiger partial charge in [-0.1, -0.05) is 0 Å². The molecular formula is C9H14N4O3S. The van der Waals surface area contributed by atoms with Crippen molar-refractivity contribution < 1.29 is 13.2 Å². The Morgan fingerprint density at radius 1 is 1.47 bits per heavy atom. The van der Waals surface area contributed by atoms with Crippen molar-refractivity contribution in [1.29, 1.82) is 0 Å². The van der Waals surface area contributed by atoms with Crippen molar-refractivity contribution in [3.05, 3.63) is 12.4 Å². The van der Waals surface area contributed by atoms with Crippen molar-refractivity contribution >= 4 is 16.0 Å². The Hall–Kier alpha value is -1.25. The summed E-state index contributed by atoms with van der Waals surface area (Å²) in [6, 6.07) is -0.127. The van der Waals surface area contributed by atoms with E-state index in [4.69, 9.17) is 10.5 Å². The third-order valence-electron chi connectivity index (χ3n) is 2.74. The second-order valence-electron chi connectivity index (χ2n) is 3.82. The molecule has 1 aromatic heterocycles. The van der Waals surface area contributed by atoms with Gasteiger partial charge in [-0.05, 0) is 6.42 Å². The predicted molar refractivity (Wildman–Crippen MR) is 60.6 cm³/mol. The van der Waals surface area contributed by atoms with Gasteiger partial charge < -0.3 is 10.5 Å². The lowest BCUT2D eigenvalue weighted by molar-refractivity contribution is 0.181. The number of rotatable bonds is 3. The molecule has 2 N–H and O–H groups in total. The molecule has 7 nitrogen and oxygen atoms in total. The molecule has 0 spiro atoms. The number of anilines is 1. The van der Waals surface area contributed by atoms with Gasteiger partial charge in [-0.3, -0.25) is 0 Å². The Kier molecular flexibility index (Phi) is 3.27. The first-order valence-electron chi connectivity index (χ1n) is 5.15. The van der Waals surface area contributed by atoms with Gasteiger partial charge in [-0.2, -0.15) is 4.31 Å². The van der Waals surface area contributed by atoms with E-state index in [9.17, 15) is 8.42 Å². The van der Waals surface area contributed by atoms with E-state index in [0.29, 0.717) is 19.6 Å². The van der Waals surface area contributed by atoms with Gasteiger partial charge in [0.1, 0.15) is 4.90 Å². The lowest BCUT2D eigenvalue weighted by Crippen LogP contribution is -2.37. The Bertz CT molecular complexity index is 481. The van der Waals surface area contributed by atoms with E-state index in [1.165, 1.54) is 23.7 Å². The molecule has 0 amide bonds. The summed E-state index contributed by atoms with van der Waals surface area (Å²) in [6.45, 7) is 1.01. The highest BCUT2D eigenvalue weighted by molar-refractivity contribution is 7.89. The van der Waals surface area contributed by atoms with E-state index in [-0.39, 0.29) is 16.9 Å².